The predicted molar refractivity (Wildman–Crippen MR) is 89.4 cm³/mol. The van der Waals surface area contributed by atoms with E-state index in [0.29, 0.717) is 24.5 Å². The first-order valence-electron chi connectivity index (χ1n) is 7.99. The number of hydrogen-bond acceptors (Lipinski definition) is 4. The van der Waals surface area contributed by atoms with Crippen molar-refractivity contribution < 1.29 is 14.3 Å². The Morgan fingerprint density at radius 1 is 1.48 bits per heavy atom. The van der Waals surface area contributed by atoms with Gasteiger partial charge in [0.1, 0.15) is 12.3 Å². The highest BCUT2D eigenvalue weighted by Crippen LogP contribution is 2.25. The Labute approximate surface area is 137 Å². The largest absolute Gasteiger partial charge is 0.495 e. The molecule has 1 atom stereocenters. The lowest BCUT2D eigenvalue weighted by Gasteiger charge is -2.32. The number of hydrogen-bond donors (Lipinski definition) is 2. The van der Waals surface area contributed by atoms with Gasteiger partial charge in [-0.15, -0.1) is 0 Å². The Morgan fingerprint density at radius 3 is 2.91 bits per heavy atom. The molecule has 0 radical (unpaired) electrons. The lowest BCUT2D eigenvalue weighted by atomic mass is 10.1. The van der Waals surface area contributed by atoms with E-state index in [9.17, 15) is 9.59 Å². The standard InChI is InChI=1S/C17H25N3O3/c1-4-5-13-9-17(22)20(11-18-13)10-16(21)19-14-8-12(2)6-7-15(14)23-3/h6-8,13,18H,4-5,9-11H2,1-3H3,(H,19,21). The second-order valence-electron chi connectivity index (χ2n) is 5.90. The van der Waals surface area contributed by atoms with Gasteiger partial charge in [-0.25, -0.2) is 0 Å². The number of anilines is 1. The fraction of sp³-hybridized carbons (Fsp3) is 0.529. The number of nitrogens with zero attached hydrogens (tertiary/aromatic N) is 1. The first-order chi connectivity index (χ1) is 11.0. The van der Waals surface area contributed by atoms with E-state index in [1.165, 1.54) is 0 Å². The van der Waals surface area contributed by atoms with Crippen LogP contribution in [-0.4, -0.2) is 43.1 Å². The van der Waals surface area contributed by atoms with E-state index in [1.807, 2.05) is 25.1 Å². The normalized spacial score (nSPS) is 18.0. The number of carbonyl (C=O) groups is 2. The number of nitrogens with one attached hydrogen (secondary N) is 2. The topological polar surface area (TPSA) is 70.7 Å². The molecule has 0 spiro atoms. The molecule has 6 heteroatoms. The van der Waals surface area contributed by atoms with Crippen molar-refractivity contribution in [2.75, 3.05) is 25.6 Å². The van der Waals surface area contributed by atoms with E-state index < -0.39 is 0 Å². The number of aryl methyl sites for hydroxylation is 1. The maximum atomic E-state index is 12.2. The van der Waals surface area contributed by atoms with Gasteiger partial charge in [-0.3, -0.25) is 14.9 Å². The first-order valence-corrected chi connectivity index (χ1v) is 7.99. The smallest absolute Gasteiger partial charge is 0.244 e. The zero-order chi connectivity index (χ0) is 16.8. The lowest BCUT2D eigenvalue weighted by molar-refractivity contribution is -0.138. The molecule has 1 saturated heterocycles. The van der Waals surface area contributed by atoms with Crippen LogP contribution in [0.25, 0.3) is 0 Å². The summed E-state index contributed by atoms with van der Waals surface area (Å²) < 4.78 is 5.25. The van der Waals surface area contributed by atoms with Crippen LogP contribution in [0.5, 0.6) is 5.75 Å². The summed E-state index contributed by atoms with van der Waals surface area (Å²) in [6.07, 6.45) is 2.47. The molecule has 1 unspecified atom stereocenters. The van der Waals surface area contributed by atoms with Crippen molar-refractivity contribution >= 4 is 17.5 Å². The third-order valence-corrected chi connectivity index (χ3v) is 3.95. The summed E-state index contributed by atoms with van der Waals surface area (Å²) in [5.74, 6) is 0.404. The van der Waals surface area contributed by atoms with Crippen LogP contribution >= 0.6 is 0 Å². The molecule has 2 rings (SSSR count). The van der Waals surface area contributed by atoms with E-state index in [2.05, 4.69) is 17.6 Å². The summed E-state index contributed by atoms with van der Waals surface area (Å²) in [5, 5.41) is 6.12. The highest BCUT2D eigenvalue weighted by Gasteiger charge is 2.26. The van der Waals surface area contributed by atoms with E-state index in [0.717, 1.165) is 18.4 Å². The van der Waals surface area contributed by atoms with E-state index >= 15 is 0 Å². The van der Waals surface area contributed by atoms with Gasteiger partial charge in [0.05, 0.1) is 19.5 Å². The zero-order valence-electron chi connectivity index (χ0n) is 14.0. The second-order valence-corrected chi connectivity index (χ2v) is 5.90. The van der Waals surface area contributed by atoms with Gasteiger partial charge in [-0.2, -0.15) is 0 Å². The molecule has 1 heterocycles. The summed E-state index contributed by atoms with van der Waals surface area (Å²) in [6.45, 7) is 4.51. The van der Waals surface area contributed by atoms with Gasteiger partial charge in [0.2, 0.25) is 11.8 Å². The maximum Gasteiger partial charge on any atom is 0.244 e. The molecule has 1 aliphatic heterocycles. The Hall–Kier alpha value is -2.08. The fourth-order valence-corrected chi connectivity index (χ4v) is 2.72. The van der Waals surface area contributed by atoms with Crippen LogP contribution in [0.3, 0.4) is 0 Å². The average Bonchev–Trinajstić information content (AvgIpc) is 2.50. The minimum atomic E-state index is -0.224. The summed E-state index contributed by atoms with van der Waals surface area (Å²) in [6, 6.07) is 5.81. The molecule has 23 heavy (non-hydrogen) atoms. The molecule has 2 amide bonds. The Morgan fingerprint density at radius 2 is 2.26 bits per heavy atom. The number of ether oxygens (including phenoxy) is 1. The fourth-order valence-electron chi connectivity index (χ4n) is 2.72. The van der Waals surface area contributed by atoms with Crippen LogP contribution in [-0.2, 0) is 9.59 Å². The van der Waals surface area contributed by atoms with Gasteiger partial charge in [-0.1, -0.05) is 19.4 Å². The number of carbonyl (C=O) groups excluding carboxylic acids is 2. The Balaban J connectivity index is 1.93. The molecule has 1 fully saturated rings. The summed E-state index contributed by atoms with van der Waals surface area (Å²) in [7, 11) is 1.56. The maximum absolute atomic E-state index is 12.2. The van der Waals surface area contributed by atoms with E-state index in [4.69, 9.17) is 4.74 Å². The molecule has 6 nitrogen and oxygen atoms in total. The van der Waals surface area contributed by atoms with Gasteiger partial charge in [0.25, 0.3) is 0 Å². The third kappa shape index (κ3) is 4.69. The third-order valence-electron chi connectivity index (χ3n) is 3.95. The number of methoxy groups -OCH3 is 1. The minimum absolute atomic E-state index is 0.0218. The minimum Gasteiger partial charge on any atom is -0.495 e. The number of rotatable bonds is 6. The highest BCUT2D eigenvalue weighted by molar-refractivity contribution is 5.96. The van der Waals surface area contributed by atoms with Crippen molar-refractivity contribution in [1.29, 1.82) is 0 Å². The molecule has 0 aromatic heterocycles. The quantitative estimate of drug-likeness (QED) is 0.840. The van der Waals surface area contributed by atoms with Gasteiger partial charge in [0.15, 0.2) is 0 Å². The Bertz CT molecular complexity index is 574. The van der Waals surface area contributed by atoms with Gasteiger partial charge in [0, 0.05) is 12.5 Å². The number of benzene rings is 1. The van der Waals surface area contributed by atoms with Crippen molar-refractivity contribution in [3.05, 3.63) is 23.8 Å². The van der Waals surface area contributed by atoms with Crippen molar-refractivity contribution in [3.63, 3.8) is 0 Å². The monoisotopic (exact) mass is 319 g/mol. The predicted octanol–water partition coefficient (Wildman–Crippen LogP) is 1.89. The van der Waals surface area contributed by atoms with Crippen molar-refractivity contribution in [3.8, 4) is 5.75 Å². The average molecular weight is 319 g/mol. The number of amides is 2. The van der Waals surface area contributed by atoms with Crippen LogP contribution in [0.4, 0.5) is 5.69 Å². The summed E-state index contributed by atoms with van der Waals surface area (Å²) in [5.41, 5.74) is 1.65. The van der Waals surface area contributed by atoms with Gasteiger partial charge in [-0.05, 0) is 31.0 Å². The molecule has 2 N–H and O–H groups in total. The van der Waals surface area contributed by atoms with Crippen LogP contribution in [0.1, 0.15) is 31.7 Å². The lowest BCUT2D eigenvalue weighted by Crippen LogP contribution is -2.52. The van der Waals surface area contributed by atoms with Crippen molar-refractivity contribution in [1.82, 2.24) is 10.2 Å². The SMILES string of the molecule is CCCC1CC(=O)N(CC(=O)Nc2cc(C)ccc2OC)CN1. The first kappa shape index (κ1) is 17.3. The van der Waals surface area contributed by atoms with E-state index in [-0.39, 0.29) is 24.4 Å². The molecule has 1 aliphatic rings. The summed E-state index contributed by atoms with van der Waals surface area (Å²) in [4.78, 5) is 25.9. The molecule has 0 aliphatic carbocycles. The van der Waals surface area contributed by atoms with E-state index in [1.54, 1.807) is 12.0 Å². The van der Waals surface area contributed by atoms with Crippen LogP contribution in [0, 0.1) is 6.92 Å². The molecular formula is C17H25N3O3. The van der Waals surface area contributed by atoms with Crippen molar-refractivity contribution in [2.24, 2.45) is 0 Å². The van der Waals surface area contributed by atoms with Crippen LogP contribution in [0.2, 0.25) is 0 Å². The summed E-state index contributed by atoms with van der Waals surface area (Å²) >= 11 is 0. The highest BCUT2D eigenvalue weighted by atomic mass is 16.5. The van der Waals surface area contributed by atoms with Crippen LogP contribution in [0.15, 0.2) is 18.2 Å². The molecule has 126 valence electrons. The molecular weight excluding hydrogens is 294 g/mol. The van der Waals surface area contributed by atoms with Gasteiger partial charge < -0.3 is 15.0 Å². The molecule has 0 saturated carbocycles. The Kier molecular flexibility index (Phi) is 5.98. The van der Waals surface area contributed by atoms with Gasteiger partial charge >= 0.3 is 0 Å². The molecule has 0 bridgehead atoms. The molecule has 1 aromatic rings. The molecule has 1 aromatic carbocycles. The second kappa shape index (κ2) is 7.97. The van der Waals surface area contributed by atoms with Crippen molar-refractivity contribution in [2.45, 2.75) is 39.2 Å². The van der Waals surface area contributed by atoms with Crippen LogP contribution < -0.4 is 15.4 Å². The zero-order valence-corrected chi connectivity index (χ0v) is 14.0.